The Morgan fingerprint density at radius 2 is 1.50 bits per heavy atom. The van der Waals surface area contributed by atoms with Crippen LogP contribution in [-0.4, -0.2) is 14.2 Å². The molecule has 22 heavy (non-hydrogen) atoms. The third-order valence-corrected chi connectivity index (χ3v) is 4.01. The van der Waals surface area contributed by atoms with Gasteiger partial charge < -0.3 is 15.2 Å². The minimum Gasteiger partial charge on any atom is -0.493 e. The molecule has 1 atom stereocenters. The lowest BCUT2D eigenvalue weighted by atomic mass is 9.91. The number of aryl methyl sites for hydroxylation is 3. The molecule has 2 aromatic carbocycles. The Morgan fingerprint density at radius 1 is 0.909 bits per heavy atom. The molecule has 0 spiro atoms. The summed E-state index contributed by atoms with van der Waals surface area (Å²) in [5.74, 6) is 1.48. The smallest absolute Gasteiger partial charge is 0.160 e. The van der Waals surface area contributed by atoms with Crippen molar-refractivity contribution in [2.75, 3.05) is 14.2 Å². The van der Waals surface area contributed by atoms with E-state index in [1.54, 1.807) is 14.2 Å². The Morgan fingerprint density at radius 3 is 2.05 bits per heavy atom. The molecule has 0 fully saturated rings. The summed E-state index contributed by atoms with van der Waals surface area (Å²) in [5.41, 5.74) is 12.6. The summed E-state index contributed by atoms with van der Waals surface area (Å²) in [5, 5.41) is 0. The Hall–Kier alpha value is -2.00. The number of ether oxygens (including phenoxy) is 2. The average molecular weight is 299 g/mol. The molecule has 118 valence electrons. The zero-order valence-corrected chi connectivity index (χ0v) is 14.1. The second kappa shape index (κ2) is 6.84. The lowest BCUT2D eigenvalue weighted by Crippen LogP contribution is -2.16. The molecule has 2 N–H and O–H groups in total. The summed E-state index contributed by atoms with van der Waals surface area (Å²) < 4.78 is 10.6. The van der Waals surface area contributed by atoms with Gasteiger partial charge in [0.05, 0.1) is 14.2 Å². The first kappa shape index (κ1) is 16.4. The number of hydrogen-bond donors (Lipinski definition) is 1. The van der Waals surface area contributed by atoms with E-state index in [9.17, 15) is 0 Å². The van der Waals surface area contributed by atoms with E-state index in [0.29, 0.717) is 0 Å². The summed E-state index contributed by atoms with van der Waals surface area (Å²) in [6.45, 7) is 6.37. The Balaban J connectivity index is 2.27. The van der Waals surface area contributed by atoms with Crippen molar-refractivity contribution in [2.45, 2.75) is 33.2 Å². The molecule has 0 aliphatic carbocycles. The molecule has 0 aliphatic heterocycles. The fourth-order valence-electron chi connectivity index (χ4n) is 3.14. The van der Waals surface area contributed by atoms with E-state index >= 15 is 0 Å². The van der Waals surface area contributed by atoms with Gasteiger partial charge in [-0.15, -0.1) is 0 Å². The highest BCUT2D eigenvalue weighted by atomic mass is 16.5. The zero-order valence-electron chi connectivity index (χ0n) is 14.1. The van der Waals surface area contributed by atoms with Crippen LogP contribution in [0.25, 0.3) is 0 Å². The fourth-order valence-corrected chi connectivity index (χ4v) is 3.14. The van der Waals surface area contributed by atoms with Gasteiger partial charge in [0, 0.05) is 6.04 Å². The van der Waals surface area contributed by atoms with Gasteiger partial charge in [-0.1, -0.05) is 23.8 Å². The zero-order chi connectivity index (χ0) is 16.3. The van der Waals surface area contributed by atoms with E-state index in [2.05, 4.69) is 32.9 Å². The topological polar surface area (TPSA) is 44.5 Å². The van der Waals surface area contributed by atoms with Gasteiger partial charge in [-0.25, -0.2) is 0 Å². The molecule has 0 aliphatic rings. The van der Waals surface area contributed by atoms with Crippen LogP contribution in [0.15, 0.2) is 30.3 Å². The molecule has 1 unspecified atom stereocenters. The second-order valence-corrected chi connectivity index (χ2v) is 5.81. The number of benzene rings is 2. The molecule has 3 nitrogen and oxygen atoms in total. The first-order valence-electron chi connectivity index (χ1n) is 7.50. The molecule has 0 radical (unpaired) electrons. The van der Waals surface area contributed by atoms with Crippen molar-refractivity contribution in [3.63, 3.8) is 0 Å². The normalized spacial score (nSPS) is 12.1. The SMILES string of the molecule is COc1ccc(CC(N)c2c(C)cc(C)cc2C)cc1OC. The van der Waals surface area contributed by atoms with Crippen LogP contribution in [0.4, 0.5) is 0 Å². The van der Waals surface area contributed by atoms with Crippen molar-refractivity contribution in [3.05, 3.63) is 58.1 Å². The van der Waals surface area contributed by atoms with Gasteiger partial charge in [0.2, 0.25) is 0 Å². The summed E-state index contributed by atoms with van der Waals surface area (Å²) in [6, 6.07) is 10.3. The quantitative estimate of drug-likeness (QED) is 0.911. The summed E-state index contributed by atoms with van der Waals surface area (Å²) in [4.78, 5) is 0. The number of hydrogen-bond acceptors (Lipinski definition) is 3. The minimum absolute atomic E-state index is 0.0290. The molecular formula is C19H25NO2. The van der Waals surface area contributed by atoms with E-state index in [1.165, 1.54) is 22.3 Å². The van der Waals surface area contributed by atoms with Crippen molar-refractivity contribution < 1.29 is 9.47 Å². The van der Waals surface area contributed by atoms with E-state index in [0.717, 1.165) is 23.5 Å². The van der Waals surface area contributed by atoms with Gasteiger partial charge in [-0.2, -0.15) is 0 Å². The highest BCUT2D eigenvalue weighted by Crippen LogP contribution is 2.30. The third kappa shape index (κ3) is 3.42. The molecule has 0 saturated heterocycles. The van der Waals surface area contributed by atoms with Crippen LogP contribution in [0.3, 0.4) is 0 Å². The third-order valence-electron chi connectivity index (χ3n) is 4.01. The lowest BCUT2D eigenvalue weighted by Gasteiger charge is -2.19. The highest BCUT2D eigenvalue weighted by Gasteiger charge is 2.14. The van der Waals surface area contributed by atoms with Gasteiger partial charge in [0.1, 0.15) is 0 Å². The van der Waals surface area contributed by atoms with Gasteiger partial charge in [-0.3, -0.25) is 0 Å². The van der Waals surface area contributed by atoms with Crippen molar-refractivity contribution in [1.29, 1.82) is 0 Å². The highest BCUT2D eigenvalue weighted by molar-refractivity contribution is 5.44. The van der Waals surface area contributed by atoms with Crippen LogP contribution in [0.1, 0.15) is 33.9 Å². The molecule has 3 heteroatoms. The molecular weight excluding hydrogens is 274 g/mol. The van der Waals surface area contributed by atoms with Crippen LogP contribution in [-0.2, 0) is 6.42 Å². The van der Waals surface area contributed by atoms with Crippen molar-refractivity contribution in [1.82, 2.24) is 0 Å². The number of rotatable bonds is 5. The summed E-state index contributed by atoms with van der Waals surface area (Å²) >= 11 is 0. The lowest BCUT2D eigenvalue weighted by molar-refractivity contribution is 0.354. The predicted molar refractivity (Wildman–Crippen MR) is 90.8 cm³/mol. The molecule has 0 saturated carbocycles. The van der Waals surface area contributed by atoms with Crippen LogP contribution in [0.2, 0.25) is 0 Å². The minimum atomic E-state index is -0.0290. The van der Waals surface area contributed by atoms with E-state index in [4.69, 9.17) is 15.2 Å². The molecule has 0 heterocycles. The summed E-state index contributed by atoms with van der Waals surface area (Å²) in [6.07, 6.45) is 0.769. The van der Waals surface area contributed by atoms with Crippen molar-refractivity contribution in [3.8, 4) is 11.5 Å². The van der Waals surface area contributed by atoms with Crippen LogP contribution >= 0.6 is 0 Å². The maximum Gasteiger partial charge on any atom is 0.160 e. The van der Waals surface area contributed by atoms with Crippen LogP contribution in [0, 0.1) is 20.8 Å². The Bertz CT molecular complexity index is 641. The van der Waals surface area contributed by atoms with Crippen molar-refractivity contribution in [2.24, 2.45) is 5.73 Å². The molecule has 0 amide bonds. The maximum atomic E-state index is 6.47. The van der Waals surface area contributed by atoms with Gasteiger partial charge >= 0.3 is 0 Å². The fraction of sp³-hybridized carbons (Fsp3) is 0.368. The first-order chi connectivity index (χ1) is 10.5. The Labute approximate surface area is 133 Å². The van der Waals surface area contributed by atoms with Crippen molar-refractivity contribution >= 4 is 0 Å². The van der Waals surface area contributed by atoms with Gasteiger partial charge in [0.25, 0.3) is 0 Å². The Kier molecular flexibility index (Phi) is 5.09. The maximum absolute atomic E-state index is 6.47. The molecule has 2 rings (SSSR count). The predicted octanol–water partition coefficient (Wildman–Crippen LogP) is 3.87. The summed E-state index contributed by atoms with van der Waals surface area (Å²) in [7, 11) is 3.29. The molecule has 2 aromatic rings. The number of nitrogens with two attached hydrogens (primary N) is 1. The first-order valence-corrected chi connectivity index (χ1v) is 7.50. The van der Waals surface area contributed by atoms with E-state index in [-0.39, 0.29) is 6.04 Å². The largest absolute Gasteiger partial charge is 0.493 e. The van der Waals surface area contributed by atoms with Gasteiger partial charge in [-0.05, 0) is 61.6 Å². The van der Waals surface area contributed by atoms with Crippen LogP contribution in [0.5, 0.6) is 11.5 Å². The second-order valence-electron chi connectivity index (χ2n) is 5.81. The average Bonchev–Trinajstić information content (AvgIpc) is 2.45. The van der Waals surface area contributed by atoms with E-state index < -0.39 is 0 Å². The van der Waals surface area contributed by atoms with Crippen LogP contribution < -0.4 is 15.2 Å². The standard InChI is InChI=1S/C19H25NO2/c1-12-8-13(2)19(14(3)9-12)16(20)10-15-6-7-17(21-4)18(11-15)22-5/h6-9,11,16H,10,20H2,1-5H3. The number of methoxy groups -OCH3 is 2. The molecule has 0 aromatic heterocycles. The molecule has 0 bridgehead atoms. The van der Waals surface area contributed by atoms with Gasteiger partial charge in [0.15, 0.2) is 11.5 Å². The van der Waals surface area contributed by atoms with E-state index in [1.807, 2.05) is 18.2 Å². The monoisotopic (exact) mass is 299 g/mol.